The molecule has 2 unspecified atom stereocenters. The van der Waals surface area contributed by atoms with E-state index in [0.717, 1.165) is 30.7 Å². The number of pyridine rings is 1. The molecule has 1 saturated carbocycles. The number of rotatable bonds is 4. The molecule has 0 radical (unpaired) electrons. The Labute approximate surface area is 103 Å². The zero-order valence-electron chi connectivity index (χ0n) is 10.5. The van der Waals surface area contributed by atoms with Crippen LogP contribution in [-0.4, -0.2) is 24.1 Å². The first-order valence-electron chi connectivity index (χ1n) is 6.79. The quantitative estimate of drug-likeness (QED) is 0.861. The van der Waals surface area contributed by atoms with Crippen molar-refractivity contribution < 1.29 is 0 Å². The molecule has 1 aromatic rings. The van der Waals surface area contributed by atoms with E-state index in [0.29, 0.717) is 0 Å². The van der Waals surface area contributed by atoms with Gasteiger partial charge in [0, 0.05) is 31.0 Å². The number of nitrogens with one attached hydrogen (secondary N) is 1. The van der Waals surface area contributed by atoms with Crippen molar-refractivity contribution in [2.45, 2.75) is 38.8 Å². The summed E-state index contributed by atoms with van der Waals surface area (Å²) in [5.74, 6) is 0.949. The molecule has 1 aromatic heterocycles. The van der Waals surface area contributed by atoms with Crippen LogP contribution in [0.4, 0.5) is 5.69 Å². The van der Waals surface area contributed by atoms with Gasteiger partial charge in [-0.15, -0.1) is 0 Å². The first kappa shape index (κ1) is 11.0. The fourth-order valence-electron chi connectivity index (χ4n) is 3.23. The Hall–Kier alpha value is -1.09. The lowest BCUT2D eigenvalue weighted by molar-refractivity contribution is 0.553. The summed E-state index contributed by atoms with van der Waals surface area (Å²) in [6.07, 6.45) is 6.19. The van der Waals surface area contributed by atoms with Crippen LogP contribution in [-0.2, 0) is 6.54 Å². The third kappa shape index (κ3) is 2.16. The van der Waals surface area contributed by atoms with Crippen LogP contribution in [0.15, 0.2) is 18.3 Å². The van der Waals surface area contributed by atoms with Gasteiger partial charge < -0.3 is 10.2 Å². The largest absolute Gasteiger partial charge is 0.368 e. The second-order valence-electron chi connectivity index (χ2n) is 5.27. The number of anilines is 1. The van der Waals surface area contributed by atoms with E-state index in [4.69, 9.17) is 0 Å². The van der Waals surface area contributed by atoms with Crippen LogP contribution in [0.5, 0.6) is 0 Å². The lowest BCUT2D eigenvalue weighted by atomic mass is 10.1. The molecule has 0 aromatic carbocycles. The van der Waals surface area contributed by atoms with E-state index >= 15 is 0 Å². The van der Waals surface area contributed by atoms with E-state index in [1.165, 1.54) is 31.5 Å². The summed E-state index contributed by atoms with van der Waals surface area (Å²) < 4.78 is 0. The first-order valence-corrected chi connectivity index (χ1v) is 6.79. The molecule has 1 aliphatic carbocycles. The molecule has 3 nitrogen and oxygen atoms in total. The SMILES string of the molecule is CCNCc1cc(N2CC3CCC2C3)ccn1. The highest BCUT2D eigenvalue weighted by Crippen LogP contribution is 2.40. The van der Waals surface area contributed by atoms with Crippen LogP contribution < -0.4 is 10.2 Å². The third-order valence-electron chi connectivity index (χ3n) is 4.10. The minimum Gasteiger partial charge on any atom is -0.368 e. The average Bonchev–Trinajstić information content (AvgIpc) is 2.99. The maximum atomic E-state index is 4.42. The molecule has 0 spiro atoms. The second kappa shape index (κ2) is 4.65. The van der Waals surface area contributed by atoms with Gasteiger partial charge in [0.25, 0.3) is 0 Å². The highest BCUT2D eigenvalue weighted by Gasteiger charge is 2.37. The van der Waals surface area contributed by atoms with E-state index < -0.39 is 0 Å². The molecular formula is C14H21N3. The van der Waals surface area contributed by atoms with Crippen LogP contribution in [0.2, 0.25) is 0 Å². The summed E-state index contributed by atoms with van der Waals surface area (Å²) >= 11 is 0. The van der Waals surface area contributed by atoms with Gasteiger partial charge in [-0.1, -0.05) is 6.92 Å². The van der Waals surface area contributed by atoms with Crippen molar-refractivity contribution in [2.75, 3.05) is 18.0 Å². The number of nitrogens with zero attached hydrogens (tertiary/aromatic N) is 2. The van der Waals surface area contributed by atoms with Crippen molar-refractivity contribution in [1.82, 2.24) is 10.3 Å². The Kier molecular flexibility index (Phi) is 3.02. The van der Waals surface area contributed by atoms with Gasteiger partial charge in [-0.25, -0.2) is 0 Å². The number of fused-ring (bicyclic) bond motifs is 2. The smallest absolute Gasteiger partial charge is 0.0562 e. The molecule has 1 aliphatic heterocycles. The van der Waals surface area contributed by atoms with Crippen molar-refractivity contribution in [2.24, 2.45) is 5.92 Å². The maximum Gasteiger partial charge on any atom is 0.0562 e. The summed E-state index contributed by atoms with van der Waals surface area (Å²) in [6.45, 7) is 5.27. The van der Waals surface area contributed by atoms with Gasteiger partial charge in [-0.05, 0) is 43.9 Å². The molecule has 2 aliphatic rings. The van der Waals surface area contributed by atoms with E-state index in [2.05, 4.69) is 34.3 Å². The van der Waals surface area contributed by atoms with Gasteiger partial charge in [0.1, 0.15) is 0 Å². The molecule has 2 bridgehead atoms. The molecule has 2 fully saturated rings. The Morgan fingerprint density at radius 3 is 3.12 bits per heavy atom. The van der Waals surface area contributed by atoms with Gasteiger partial charge >= 0.3 is 0 Å². The zero-order chi connectivity index (χ0) is 11.7. The minimum absolute atomic E-state index is 0.800. The van der Waals surface area contributed by atoms with Crippen LogP contribution >= 0.6 is 0 Å². The molecule has 1 saturated heterocycles. The first-order chi connectivity index (χ1) is 8.36. The topological polar surface area (TPSA) is 28.2 Å². The summed E-state index contributed by atoms with van der Waals surface area (Å²) in [5.41, 5.74) is 2.53. The predicted molar refractivity (Wildman–Crippen MR) is 70.1 cm³/mol. The van der Waals surface area contributed by atoms with E-state index in [9.17, 15) is 0 Å². The van der Waals surface area contributed by atoms with Crippen LogP contribution in [0.25, 0.3) is 0 Å². The number of hydrogen-bond donors (Lipinski definition) is 1. The highest BCUT2D eigenvalue weighted by molar-refractivity contribution is 5.49. The Morgan fingerprint density at radius 2 is 2.41 bits per heavy atom. The van der Waals surface area contributed by atoms with Crippen molar-refractivity contribution in [3.05, 3.63) is 24.0 Å². The lowest BCUT2D eigenvalue weighted by Gasteiger charge is -2.29. The fraction of sp³-hybridized carbons (Fsp3) is 0.643. The molecule has 2 heterocycles. The fourth-order valence-corrected chi connectivity index (χ4v) is 3.23. The van der Waals surface area contributed by atoms with Gasteiger partial charge in [0.2, 0.25) is 0 Å². The third-order valence-corrected chi connectivity index (χ3v) is 4.10. The van der Waals surface area contributed by atoms with Gasteiger partial charge in [-0.2, -0.15) is 0 Å². The molecule has 1 N–H and O–H groups in total. The summed E-state index contributed by atoms with van der Waals surface area (Å²) in [4.78, 5) is 7.01. The van der Waals surface area contributed by atoms with E-state index in [1.54, 1.807) is 0 Å². The van der Waals surface area contributed by atoms with Crippen molar-refractivity contribution >= 4 is 5.69 Å². The van der Waals surface area contributed by atoms with Crippen molar-refractivity contribution in [3.63, 3.8) is 0 Å². The molecule has 17 heavy (non-hydrogen) atoms. The van der Waals surface area contributed by atoms with Crippen molar-refractivity contribution in [1.29, 1.82) is 0 Å². The number of piperidine rings is 1. The van der Waals surface area contributed by atoms with Crippen LogP contribution in [0, 0.1) is 5.92 Å². The Bertz CT molecular complexity index is 391. The molecular weight excluding hydrogens is 210 g/mol. The Morgan fingerprint density at radius 1 is 1.47 bits per heavy atom. The Balaban J connectivity index is 1.74. The number of hydrogen-bond acceptors (Lipinski definition) is 3. The molecule has 2 atom stereocenters. The van der Waals surface area contributed by atoms with Gasteiger partial charge in [-0.3, -0.25) is 4.98 Å². The maximum absolute atomic E-state index is 4.42. The monoisotopic (exact) mass is 231 g/mol. The molecule has 0 amide bonds. The normalized spacial score (nSPS) is 26.8. The second-order valence-corrected chi connectivity index (χ2v) is 5.27. The summed E-state index contributed by atoms with van der Waals surface area (Å²) in [5, 5.41) is 3.34. The molecule has 92 valence electrons. The molecule has 3 heteroatoms. The predicted octanol–water partition coefficient (Wildman–Crippen LogP) is 2.18. The van der Waals surface area contributed by atoms with Gasteiger partial charge in [0.05, 0.1) is 5.69 Å². The van der Waals surface area contributed by atoms with Crippen LogP contribution in [0.1, 0.15) is 31.9 Å². The van der Waals surface area contributed by atoms with Gasteiger partial charge in [0.15, 0.2) is 0 Å². The number of aromatic nitrogens is 1. The minimum atomic E-state index is 0.800. The van der Waals surface area contributed by atoms with E-state index in [-0.39, 0.29) is 0 Å². The standard InChI is InChI=1S/C14H21N3/c1-2-15-9-12-8-14(5-6-16-12)17-10-11-3-4-13(17)7-11/h5-6,8,11,13,15H,2-4,7,9-10H2,1H3. The highest BCUT2D eigenvalue weighted by atomic mass is 15.2. The lowest BCUT2D eigenvalue weighted by Crippen LogP contribution is -2.32. The van der Waals surface area contributed by atoms with Crippen molar-refractivity contribution in [3.8, 4) is 0 Å². The summed E-state index contributed by atoms with van der Waals surface area (Å²) in [6, 6.07) is 5.22. The van der Waals surface area contributed by atoms with Crippen LogP contribution in [0.3, 0.4) is 0 Å². The van der Waals surface area contributed by atoms with E-state index in [1.807, 2.05) is 6.20 Å². The average molecular weight is 231 g/mol. The molecule has 3 rings (SSSR count). The summed E-state index contributed by atoms with van der Waals surface area (Å²) in [7, 11) is 0. The zero-order valence-corrected chi connectivity index (χ0v) is 10.5.